The first-order chi connectivity index (χ1) is 55.3. The van der Waals surface area contributed by atoms with Crippen molar-refractivity contribution in [2.45, 2.75) is 189 Å². The SMILES string of the molecule is CCOC(=O)N1c2ccc(C(F)(F)F)cc2[C@@H]([C@@H](C(=O)OC)c2cc(C(F)(F)F)cc(C(F)(F)F)c2)C[C@H]1CC.CCOC(=O)N1c2ccc(C(F)(F)F)cc2[C@H]([C@@H](C(=O)OC)c2cc(C(F)(F)F)cc(C(F)(F)F)c2)C[C@H]1CC.CCOC(=O)N1c2ccc(C(F)(F)F)cc2[C@H]([C@H](C(=O)OC)c2cc(C(F)(F)F)cc(C(F)(F)F)c2)C[C@H]1CC. The molecule has 0 unspecified atom stereocenters. The molecular formula is C78H72F27N3O12. The van der Waals surface area contributed by atoms with Gasteiger partial charge in [-0.15, -0.1) is 0 Å². The van der Waals surface area contributed by atoms with Gasteiger partial charge in [0.05, 0.1) is 126 Å². The molecule has 6 aromatic carbocycles. The minimum atomic E-state index is -5.24. The summed E-state index contributed by atoms with van der Waals surface area (Å²) in [5.41, 5.74) is -17.3. The quantitative estimate of drug-likeness (QED) is 0.0543. The Bertz CT molecular complexity index is 4120. The van der Waals surface area contributed by atoms with E-state index in [-0.39, 0.29) is 110 Å². The average molecular weight is 1760 g/mol. The number of hydrogen-bond donors (Lipinski definition) is 0. The van der Waals surface area contributed by atoms with Gasteiger partial charge in [0.25, 0.3) is 0 Å². The fraction of sp³-hybridized carbons (Fsp3) is 0.462. The van der Waals surface area contributed by atoms with E-state index in [1.165, 1.54) is 20.8 Å². The van der Waals surface area contributed by atoms with Crippen molar-refractivity contribution in [2.75, 3.05) is 55.8 Å². The third-order valence-electron chi connectivity index (χ3n) is 20.0. The summed E-state index contributed by atoms with van der Waals surface area (Å²) in [5, 5.41) is 0. The van der Waals surface area contributed by atoms with Crippen LogP contribution in [-0.2, 0) is 98.4 Å². The van der Waals surface area contributed by atoms with Crippen molar-refractivity contribution in [3.8, 4) is 0 Å². The van der Waals surface area contributed by atoms with Crippen LogP contribution in [0.25, 0.3) is 0 Å². The molecule has 3 amide bonds. The molecule has 9 rings (SSSR count). The summed E-state index contributed by atoms with van der Waals surface area (Å²) in [6, 6.07) is 6.09. The largest absolute Gasteiger partial charge is 0.469 e. The van der Waals surface area contributed by atoms with Crippen LogP contribution in [0.4, 0.5) is 150 Å². The number of alkyl halides is 27. The molecule has 0 fully saturated rings. The topological polar surface area (TPSA) is 168 Å². The van der Waals surface area contributed by atoms with Crippen LogP contribution in [0.1, 0.15) is 199 Å². The summed E-state index contributed by atoms with van der Waals surface area (Å²) in [6.07, 6.45) is -49.2. The first-order valence-corrected chi connectivity index (χ1v) is 35.9. The Morgan fingerprint density at radius 2 is 0.475 bits per heavy atom. The van der Waals surface area contributed by atoms with E-state index in [1.54, 1.807) is 20.8 Å². The number of benzene rings is 6. The molecule has 9 atom stereocenters. The van der Waals surface area contributed by atoms with Gasteiger partial charge in [-0.3, -0.25) is 29.1 Å². The molecule has 42 heteroatoms. The molecule has 6 aromatic rings. The molecule has 3 heterocycles. The molecule has 0 radical (unpaired) electrons. The Morgan fingerprint density at radius 3 is 0.625 bits per heavy atom. The number of carbonyl (C=O) groups is 6. The van der Waals surface area contributed by atoms with Gasteiger partial charge < -0.3 is 28.4 Å². The Kier molecular flexibility index (Phi) is 29.8. The number of anilines is 3. The van der Waals surface area contributed by atoms with E-state index in [0.717, 1.165) is 54.2 Å². The Labute approximate surface area is 664 Å². The number of carbonyl (C=O) groups excluding carboxylic acids is 6. The van der Waals surface area contributed by atoms with Gasteiger partial charge in [0.15, 0.2) is 0 Å². The van der Waals surface area contributed by atoms with Crippen LogP contribution in [0.5, 0.6) is 0 Å². The number of rotatable bonds is 15. The first-order valence-electron chi connectivity index (χ1n) is 35.9. The van der Waals surface area contributed by atoms with Gasteiger partial charge in [0.2, 0.25) is 0 Å². The molecule has 0 bridgehead atoms. The van der Waals surface area contributed by atoms with Crippen molar-refractivity contribution in [3.63, 3.8) is 0 Å². The lowest BCUT2D eigenvalue weighted by molar-refractivity contribution is -0.146. The van der Waals surface area contributed by atoms with Crippen LogP contribution < -0.4 is 14.7 Å². The second kappa shape index (κ2) is 36.9. The van der Waals surface area contributed by atoms with Crippen molar-refractivity contribution in [2.24, 2.45) is 0 Å². The second-order valence-corrected chi connectivity index (χ2v) is 27.3. The summed E-state index contributed by atoms with van der Waals surface area (Å²) in [5.74, 6) is -13.6. The molecule has 0 saturated heterocycles. The summed E-state index contributed by atoms with van der Waals surface area (Å²) in [4.78, 5) is 80.7. The molecule has 15 nitrogen and oxygen atoms in total. The number of hydrogen-bond acceptors (Lipinski definition) is 12. The van der Waals surface area contributed by atoms with E-state index in [1.807, 2.05) is 0 Å². The van der Waals surface area contributed by atoms with Gasteiger partial charge in [-0.25, -0.2) is 14.4 Å². The van der Waals surface area contributed by atoms with Gasteiger partial charge in [-0.1, -0.05) is 20.8 Å². The molecule has 0 spiro atoms. The standard InChI is InChI=1S/3C26H24F9NO4/c3*1-4-17-12-19(18-11-14(24(27,28)29)6-7-20(18)36(17)23(38)40-5-2)21(22(37)39-3)13-8-15(25(30,31)32)10-16(9-13)26(33,34)35/h3*6-11,17,19,21H,4-5,12H2,1-3H3/t17-,19+,21+;17-,19-,21+;17-,19-,21-/m111/s1. The minimum absolute atomic E-state index is 0.0829. The maximum absolute atomic E-state index is 13.7. The highest BCUT2D eigenvalue weighted by atomic mass is 19.4. The lowest BCUT2D eigenvalue weighted by Gasteiger charge is -2.42. The number of nitrogens with zero attached hydrogens (tertiary/aromatic N) is 3. The Hall–Kier alpha value is -10.4. The molecular weight excluding hydrogens is 1680 g/mol. The summed E-state index contributed by atoms with van der Waals surface area (Å²) in [6.45, 7) is 9.09. The Balaban J connectivity index is 0.000000248. The zero-order valence-electron chi connectivity index (χ0n) is 63.9. The predicted molar refractivity (Wildman–Crippen MR) is 371 cm³/mol. The van der Waals surface area contributed by atoms with E-state index in [4.69, 9.17) is 28.4 Å². The van der Waals surface area contributed by atoms with E-state index < -0.39 is 212 Å². The molecule has 660 valence electrons. The first kappa shape index (κ1) is 96.8. The summed E-state index contributed by atoms with van der Waals surface area (Å²) < 4.78 is 397. The van der Waals surface area contributed by atoms with Crippen LogP contribution >= 0.6 is 0 Å². The minimum Gasteiger partial charge on any atom is -0.469 e. The number of fused-ring (bicyclic) bond motifs is 3. The lowest BCUT2D eigenvalue weighted by atomic mass is 9.73. The monoisotopic (exact) mass is 1760 g/mol. The lowest BCUT2D eigenvalue weighted by Crippen LogP contribution is -2.46. The van der Waals surface area contributed by atoms with E-state index >= 15 is 0 Å². The molecule has 3 aliphatic rings. The van der Waals surface area contributed by atoms with Crippen molar-refractivity contribution in [1.29, 1.82) is 0 Å². The average Bonchev–Trinajstić information content (AvgIpc) is 0.750. The highest BCUT2D eigenvalue weighted by Crippen LogP contribution is 2.55. The Morgan fingerprint density at radius 1 is 0.292 bits per heavy atom. The zero-order valence-corrected chi connectivity index (χ0v) is 63.9. The molecule has 0 aromatic heterocycles. The van der Waals surface area contributed by atoms with E-state index in [2.05, 4.69) is 0 Å². The molecule has 0 aliphatic carbocycles. The van der Waals surface area contributed by atoms with Gasteiger partial charge in [-0.05, 0) is 202 Å². The molecule has 3 aliphatic heterocycles. The fourth-order valence-electron chi connectivity index (χ4n) is 14.7. The zero-order chi connectivity index (χ0) is 90.6. The number of methoxy groups -OCH3 is 3. The van der Waals surface area contributed by atoms with Gasteiger partial charge in [-0.2, -0.15) is 119 Å². The number of esters is 3. The maximum atomic E-state index is 13.7. The van der Waals surface area contributed by atoms with Crippen molar-refractivity contribution in [1.82, 2.24) is 0 Å². The summed E-state index contributed by atoms with van der Waals surface area (Å²) in [7, 11) is 2.56. The van der Waals surface area contributed by atoms with Gasteiger partial charge >= 0.3 is 91.8 Å². The highest BCUT2D eigenvalue weighted by Gasteiger charge is 2.52. The summed E-state index contributed by atoms with van der Waals surface area (Å²) >= 11 is 0. The number of halogens is 27. The van der Waals surface area contributed by atoms with Crippen LogP contribution in [-0.4, -0.2) is 95.5 Å². The molecule has 0 saturated carbocycles. The van der Waals surface area contributed by atoms with Crippen LogP contribution in [0.3, 0.4) is 0 Å². The third kappa shape index (κ3) is 22.0. The third-order valence-corrected chi connectivity index (χ3v) is 20.0. The normalized spacial score (nSPS) is 18.6. The van der Waals surface area contributed by atoms with Crippen molar-refractivity contribution < 1.29 is 176 Å². The fourth-order valence-corrected chi connectivity index (χ4v) is 14.7. The second-order valence-electron chi connectivity index (χ2n) is 27.3. The molecule has 120 heavy (non-hydrogen) atoms. The van der Waals surface area contributed by atoms with Crippen LogP contribution in [0.15, 0.2) is 109 Å². The van der Waals surface area contributed by atoms with Crippen LogP contribution in [0, 0.1) is 0 Å². The highest BCUT2D eigenvalue weighted by molar-refractivity contribution is 5.94. The van der Waals surface area contributed by atoms with E-state index in [0.29, 0.717) is 72.8 Å². The number of ether oxygens (including phenoxy) is 6. The maximum Gasteiger partial charge on any atom is 0.416 e. The smallest absolute Gasteiger partial charge is 0.416 e. The predicted octanol–water partition coefficient (Wildman–Crippen LogP) is 23.8. The van der Waals surface area contributed by atoms with Crippen molar-refractivity contribution >= 4 is 53.2 Å². The molecule has 0 N–H and O–H groups in total. The van der Waals surface area contributed by atoms with Gasteiger partial charge in [0, 0.05) is 35.9 Å². The van der Waals surface area contributed by atoms with Gasteiger partial charge in [0.1, 0.15) is 0 Å². The van der Waals surface area contributed by atoms with Crippen molar-refractivity contribution in [3.05, 3.63) is 193 Å². The van der Waals surface area contributed by atoms with E-state index in [9.17, 15) is 147 Å². The number of amides is 3. The van der Waals surface area contributed by atoms with Crippen LogP contribution in [0.2, 0.25) is 0 Å².